The van der Waals surface area contributed by atoms with Gasteiger partial charge < -0.3 is 10.3 Å². The van der Waals surface area contributed by atoms with Crippen LogP contribution in [0.25, 0.3) is 0 Å². The van der Waals surface area contributed by atoms with Gasteiger partial charge in [-0.2, -0.15) is 0 Å². The molecule has 0 atom stereocenters. The molecule has 0 aliphatic carbocycles. The molecule has 1 aliphatic heterocycles. The number of piperazine rings is 1. The van der Waals surface area contributed by atoms with Gasteiger partial charge in [0.25, 0.3) is 11.6 Å². The van der Waals surface area contributed by atoms with Gasteiger partial charge in [0.1, 0.15) is 5.69 Å². The van der Waals surface area contributed by atoms with Crippen LogP contribution in [0.5, 0.6) is 0 Å². The first-order valence-electron chi connectivity index (χ1n) is 8.39. The molecule has 1 heterocycles. The van der Waals surface area contributed by atoms with E-state index in [1.807, 2.05) is 18.2 Å². The quantitative estimate of drug-likeness (QED) is 0.482. The Hall–Kier alpha value is -2.97. The van der Waals surface area contributed by atoms with Crippen LogP contribution in [0.3, 0.4) is 0 Å². The molecule has 26 heavy (non-hydrogen) atoms. The number of nitro benzene ring substituents is 1. The molecule has 2 aromatic rings. The summed E-state index contributed by atoms with van der Waals surface area (Å²) in [5.41, 5.74) is 3.79. The molecule has 0 saturated carbocycles. The maximum Gasteiger partial charge on any atom is 0.294 e. The van der Waals surface area contributed by atoms with Crippen LogP contribution in [0, 0.1) is 10.1 Å². The van der Waals surface area contributed by atoms with Crippen LogP contribution in [0.15, 0.2) is 48.5 Å². The van der Waals surface area contributed by atoms with Crippen LogP contribution in [0.2, 0.25) is 0 Å². The second kappa shape index (κ2) is 7.94. The molecule has 8 heteroatoms. The summed E-state index contributed by atoms with van der Waals surface area (Å²) in [5, 5.41) is 11.1. The number of benzene rings is 2. The second-order valence-electron chi connectivity index (χ2n) is 6.19. The lowest BCUT2D eigenvalue weighted by Crippen LogP contribution is -2.48. The van der Waals surface area contributed by atoms with Gasteiger partial charge in [-0.1, -0.05) is 30.3 Å². The van der Waals surface area contributed by atoms with Crippen molar-refractivity contribution in [2.45, 2.75) is 6.54 Å². The Morgan fingerprint density at radius 1 is 1.12 bits per heavy atom. The summed E-state index contributed by atoms with van der Waals surface area (Å²) in [6, 6.07) is 14.5. The monoisotopic (exact) mass is 355 g/mol. The number of nitrogen functional groups attached to an aromatic ring is 1. The molecule has 3 N–H and O–H groups in total. The molecular weight excluding hydrogens is 334 g/mol. The van der Waals surface area contributed by atoms with Crippen molar-refractivity contribution in [3.05, 3.63) is 69.8 Å². The summed E-state index contributed by atoms with van der Waals surface area (Å²) in [7, 11) is 0. The lowest BCUT2D eigenvalue weighted by Gasteiger charge is -2.34. The Morgan fingerprint density at radius 3 is 2.42 bits per heavy atom. The Kier molecular flexibility index (Phi) is 5.45. The maximum absolute atomic E-state index is 12.7. The number of amides is 1. The van der Waals surface area contributed by atoms with Crippen LogP contribution in [-0.2, 0) is 6.54 Å². The van der Waals surface area contributed by atoms with Gasteiger partial charge in [-0.15, -0.1) is 0 Å². The lowest BCUT2D eigenvalue weighted by atomic mass is 10.1. The first kappa shape index (κ1) is 17.8. The summed E-state index contributed by atoms with van der Waals surface area (Å²) in [6.07, 6.45) is 0. The minimum atomic E-state index is -0.552. The van der Waals surface area contributed by atoms with Crippen molar-refractivity contribution < 1.29 is 9.72 Å². The predicted octanol–water partition coefficient (Wildman–Crippen LogP) is 1.84. The van der Waals surface area contributed by atoms with Gasteiger partial charge in [-0.3, -0.25) is 25.7 Å². The largest absolute Gasteiger partial charge is 0.336 e. The van der Waals surface area contributed by atoms with Crippen molar-refractivity contribution in [1.29, 1.82) is 0 Å². The van der Waals surface area contributed by atoms with E-state index in [1.165, 1.54) is 17.7 Å². The van der Waals surface area contributed by atoms with E-state index in [0.29, 0.717) is 18.7 Å². The maximum atomic E-state index is 12.7. The zero-order chi connectivity index (χ0) is 18.5. The summed E-state index contributed by atoms with van der Waals surface area (Å²) in [4.78, 5) is 27.3. The number of nitrogens with two attached hydrogens (primary N) is 1. The molecule has 2 aromatic carbocycles. The van der Waals surface area contributed by atoms with Gasteiger partial charge in [0, 0.05) is 44.4 Å². The third-order valence-electron chi connectivity index (χ3n) is 4.51. The molecule has 136 valence electrons. The topological polar surface area (TPSA) is 105 Å². The van der Waals surface area contributed by atoms with E-state index in [1.54, 1.807) is 11.0 Å². The highest BCUT2D eigenvalue weighted by Gasteiger charge is 2.24. The average molecular weight is 355 g/mol. The number of carbonyl (C=O) groups excluding carboxylic acids is 1. The van der Waals surface area contributed by atoms with Crippen LogP contribution >= 0.6 is 0 Å². The van der Waals surface area contributed by atoms with Crippen LogP contribution in [0.4, 0.5) is 11.4 Å². The van der Waals surface area contributed by atoms with Gasteiger partial charge in [0.2, 0.25) is 0 Å². The predicted molar refractivity (Wildman–Crippen MR) is 98.5 cm³/mol. The SMILES string of the molecule is NNc1ccc(C(=O)N2CCN(Cc3ccccc3)CC2)cc1[N+](=O)[O-]. The Bertz CT molecular complexity index is 789. The molecule has 1 aliphatic rings. The highest BCUT2D eigenvalue weighted by atomic mass is 16.6. The highest BCUT2D eigenvalue weighted by Crippen LogP contribution is 2.25. The molecule has 3 rings (SSSR count). The molecule has 0 spiro atoms. The van der Waals surface area contributed by atoms with Crippen LogP contribution < -0.4 is 11.3 Å². The van der Waals surface area contributed by atoms with Gasteiger partial charge in [-0.25, -0.2) is 0 Å². The van der Waals surface area contributed by atoms with Gasteiger partial charge >= 0.3 is 0 Å². The minimum Gasteiger partial charge on any atom is -0.336 e. The highest BCUT2D eigenvalue weighted by molar-refractivity contribution is 5.95. The first-order valence-corrected chi connectivity index (χ1v) is 8.39. The first-order chi connectivity index (χ1) is 12.6. The summed E-state index contributed by atoms with van der Waals surface area (Å²) in [5.74, 6) is 5.08. The van der Waals surface area contributed by atoms with E-state index in [-0.39, 0.29) is 17.3 Å². The normalized spacial score (nSPS) is 14.9. The van der Waals surface area contributed by atoms with E-state index in [2.05, 4.69) is 22.5 Å². The third-order valence-corrected chi connectivity index (χ3v) is 4.51. The molecule has 0 unspecified atom stereocenters. The van der Waals surface area contributed by atoms with E-state index in [4.69, 9.17) is 5.84 Å². The van der Waals surface area contributed by atoms with Crippen molar-refractivity contribution in [3.63, 3.8) is 0 Å². The molecule has 0 radical (unpaired) electrons. The lowest BCUT2D eigenvalue weighted by molar-refractivity contribution is -0.384. The number of hydrazine groups is 1. The average Bonchev–Trinajstić information content (AvgIpc) is 2.68. The molecule has 0 aromatic heterocycles. The molecule has 0 bridgehead atoms. The molecule has 1 saturated heterocycles. The van der Waals surface area contributed by atoms with Gasteiger partial charge in [-0.05, 0) is 17.7 Å². The zero-order valence-electron chi connectivity index (χ0n) is 14.3. The van der Waals surface area contributed by atoms with Gasteiger partial charge in [0.05, 0.1) is 4.92 Å². The van der Waals surface area contributed by atoms with E-state index >= 15 is 0 Å². The number of hydrogen-bond donors (Lipinski definition) is 2. The van der Waals surface area contributed by atoms with E-state index < -0.39 is 4.92 Å². The smallest absolute Gasteiger partial charge is 0.294 e. The second-order valence-corrected chi connectivity index (χ2v) is 6.19. The van der Waals surface area contributed by atoms with Crippen LogP contribution in [0.1, 0.15) is 15.9 Å². The van der Waals surface area contributed by atoms with E-state index in [0.717, 1.165) is 19.6 Å². The summed E-state index contributed by atoms with van der Waals surface area (Å²) >= 11 is 0. The number of anilines is 1. The van der Waals surface area contributed by atoms with Crippen molar-refractivity contribution >= 4 is 17.3 Å². The van der Waals surface area contributed by atoms with Crippen molar-refractivity contribution in [3.8, 4) is 0 Å². The van der Waals surface area contributed by atoms with E-state index in [9.17, 15) is 14.9 Å². The van der Waals surface area contributed by atoms with Crippen LogP contribution in [-0.4, -0.2) is 46.8 Å². The summed E-state index contributed by atoms with van der Waals surface area (Å²) < 4.78 is 0. The molecule has 8 nitrogen and oxygen atoms in total. The number of nitro groups is 1. The van der Waals surface area contributed by atoms with Gasteiger partial charge in [0.15, 0.2) is 0 Å². The number of nitrogens with one attached hydrogen (secondary N) is 1. The number of carbonyl (C=O) groups is 1. The van der Waals surface area contributed by atoms with Crippen molar-refractivity contribution in [1.82, 2.24) is 9.80 Å². The molecular formula is C18H21N5O3. The molecule has 1 fully saturated rings. The number of nitrogens with zero attached hydrogens (tertiary/aromatic N) is 3. The third kappa shape index (κ3) is 3.98. The van der Waals surface area contributed by atoms with Crippen molar-refractivity contribution in [2.24, 2.45) is 5.84 Å². The minimum absolute atomic E-state index is 0.180. The number of rotatable bonds is 5. The fraction of sp³-hybridized carbons (Fsp3) is 0.278. The fourth-order valence-corrected chi connectivity index (χ4v) is 3.07. The number of hydrogen-bond acceptors (Lipinski definition) is 6. The molecule has 1 amide bonds. The Morgan fingerprint density at radius 2 is 1.81 bits per heavy atom. The zero-order valence-corrected chi connectivity index (χ0v) is 14.3. The Labute approximate surface area is 151 Å². The fourth-order valence-electron chi connectivity index (χ4n) is 3.07. The Balaban J connectivity index is 1.63. The summed E-state index contributed by atoms with van der Waals surface area (Å²) in [6.45, 7) is 3.58. The standard InChI is InChI=1S/C18H21N5O3/c19-20-16-7-6-15(12-17(16)23(25)26)18(24)22-10-8-21(9-11-22)13-14-4-2-1-3-5-14/h1-7,12,20H,8-11,13,19H2. The van der Waals surface area contributed by atoms with Crippen molar-refractivity contribution in [2.75, 3.05) is 31.6 Å².